The molecule has 1 amide bonds. The van der Waals surface area contributed by atoms with Crippen molar-refractivity contribution in [3.8, 4) is 0 Å². The lowest BCUT2D eigenvalue weighted by Gasteiger charge is -2.39. The van der Waals surface area contributed by atoms with Gasteiger partial charge in [0.15, 0.2) is 0 Å². The third-order valence-corrected chi connectivity index (χ3v) is 4.31. The van der Waals surface area contributed by atoms with Crippen LogP contribution in [0.5, 0.6) is 0 Å². The van der Waals surface area contributed by atoms with Gasteiger partial charge < -0.3 is 10.0 Å². The quantitative estimate of drug-likeness (QED) is 0.932. The third kappa shape index (κ3) is 3.23. The number of nitrogens with zero attached hydrogens (tertiary/aromatic N) is 1. The Morgan fingerprint density at radius 2 is 2.14 bits per heavy atom. The van der Waals surface area contributed by atoms with E-state index in [4.69, 9.17) is 0 Å². The SMILES string of the molecule is CC(C(=O)N1CCC[C@H](C(=O)O)[C@@H]1C)c1cccc(F)c1. The van der Waals surface area contributed by atoms with Gasteiger partial charge in [0.1, 0.15) is 5.82 Å². The topological polar surface area (TPSA) is 57.6 Å². The Hall–Kier alpha value is -1.91. The van der Waals surface area contributed by atoms with E-state index < -0.39 is 17.8 Å². The smallest absolute Gasteiger partial charge is 0.308 e. The van der Waals surface area contributed by atoms with Gasteiger partial charge in [-0.2, -0.15) is 0 Å². The average molecular weight is 293 g/mol. The molecule has 21 heavy (non-hydrogen) atoms. The molecule has 0 bridgehead atoms. The molecule has 114 valence electrons. The van der Waals surface area contributed by atoms with Crippen LogP contribution < -0.4 is 0 Å². The molecule has 1 saturated heterocycles. The first-order valence-electron chi connectivity index (χ1n) is 7.20. The molecule has 1 aromatic carbocycles. The number of halogens is 1. The highest BCUT2D eigenvalue weighted by molar-refractivity contribution is 5.84. The number of amides is 1. The van der Waals surface area contributed by atoms with Crippen molar-refractivity contribution in [3.05, 3.63) is 35.6 Å². The lowest BCUT2D eigenvalue weighted by molar-refractivity contribution is -0.149. The highest BCUT2D eigenvalue weighted by Gasteiger charge is 2.36. The van der Waals surface area contributed by atoms with Gasteiger partial charge in [0.2, 0.25) is 5.91 Å². The lowest BCUT2D eigenvalue weighted by Crippen LogP contribution is -2.50. The standard InChI is InChI=1S/C16H20FNO3/c1-10(12-5-3-6-13(17)9-12)15(19)18-8-4-7-14(11(18)2)16(20)21/h3,5-6,9-11,14H,4,7-8H2,1-2H3,(H,20,21)/t10?,11-,14-/m0/s1. The normalized spacial score (nSPS) is 23.7. The number of carbonyl (C=O) groups is 2. The van der Waals surface area contributed by atoms with Gasteiger partial charge >= 0.3 is 5.97 Å². The Morgan fingerprint density at radius 3 is 2.76 bits per heavy atom. The number of likely N-dealkylation sites (tertiary alicyclic amines) is 1. The van der Waals surface area contributed by atoms with E-state index in [9.17, 15) is 19.1 Å². The second-order valence-corrected chi connectivity index (χ2v) is 5.64. The van der Waals surface area contributed by atoms with E-state index in [-0.39, 0.29) is 17.8 Å². The van der Waals surface area contributed by atoms with Crippen LogP contribution in [0.4, 0.5) is 4.39 Å². The number of carboxylic acids is 1. The van der Waals surface area contributed by atoms with Crippen LogP contribution in [0.3, 0.4) is 0 Å². The molecule has 1 fully saturated rings. The summed E-state index contributed by atoms with van der Waals surface area (Å²) in [6.07, 6.45) is 1.28. The van der Waals surface area contributed by atoms with Crippen LogP contribution in [0, 0.1) is 11.7 Å². The lowest BCUT2D eigenvalue weighted by atomic mass is 9.88. The molecule has 0 spiro atoms. The summed E-state index contributed by atoms with van der Waals surface area (Å²) in [7, 11) is 0. The van der Waals surface area contributed by atoms with Crippen molar-refractivity contribution >= 4 is 11.9 Å². The van der Waals surface area contributed by atoms with E-state index >= 15 is 0 Å². The minimum atomic E-state index is -0.863. The number of carboxylic acid groups (broad SMARTS) is 1. The molecular formula is C16H20FNO3. The Kier molecular flexibility index (Phi) is 4.60. The van der Waals surface area contributed by atoms with Gasteiger partial charge in [0.05, 0.1) is 11.8 Å². The Bertz CT molecular complexity index is 546. The molecule has 4 nitrogen and oxygen atoms in total. The zero-order chi connectivity index (χ0) is 15.6. The van der Waals surface area contributed by atoms with E-state index in [1.54, 1.807) is 30.9 Å². The molecule has 1 aliphatic heterocycles. The molecule has 0 saturated carbocycles. The highest BCUT2D eigenvalue weighted by atomic mass is 19.1. The van der Waals surface area contributed by atoms with Crippen LogP contribution >= 0.6 is 0 Å². The molecule has 1 N–H and O–H groups in total. The van der Waals surface area contributed by atoms with Gasteiger partial charge in [-0.05, 0) is 44.4 Å². The third-order valence-electron chi connectivity index (χ3n) is 4.31. The Labute approximate surface area is 123 Å². The van der Waals surface area contributed by atoms with Crippen molar-refractivity contribution in [1.29, 1.82) is 0 Å². The van der Waals surface area contributed by atoms with Crippen LogP contribution in [0.15, 0.2) is 24.3 Å². The summed E-state index contributed by atoms with van der Waals surface area (Å²) in [5.41, 5.74) is 0.615. The number of hydrogen-bond acceptors (Lipinski definition) is 2. The van der Waals surface area contributed by atoms with Gasteiger partial charge in [-0.3, -0.25) is 9.59 Å². The van der Waals surface area contributed by atoms with Crippen molar-refractivity contribution < 1.29 is 19.1 Å². The maximum Gasteiger partial charge on any atom is 0.308 e. The van der Waals surface area contributed by atoms with Crippen LogP contribution in [0.1, 0.15) is 38.2 Å². The molecule has 1 heterocycles. The van der Waals surface area contributed by atoms with Crippen molar-refractivity contribution in [2.45, 2.75) is 38.6 Å². The monoisotopic (exact) mass is 293 g/mol. The molecule has 3 atom stereocenters. The number of piperidine rings is 1. The molecular weight excluding hydrogens is 273 g/mol. The Balaban J connectivity index is 2.17. The summed E-state index contributed by atoms with van der Waals surface area (Å²) in [4.78, 5) is 25.5. The van der Waals surface area contributed by atoms with Crippen molar-refractivity contribution in [1.82, 2.24) is 4.90 Å². The summed E-state index contributed by atoms with van der Waals surface area (Å²) in [5, 5.41) is 9.21. The van der Waals surface area contributed by atoms with E-state index in [0.29, 0.717) is 24.9 Å². The first kappa shape index (κ1) is 15.5. The first-order chi connectivity index (χ1) is 9.91. The van der Waals surface area contributed by atoms with E-state index in [1.165, 1.54) is 12.1 Å². The van der Waals surface area contributed by atoms with Gasteiger partial charge in [-0.25, -0.2) is 4.39 Å². The molecule has 1 aliphatic rings. The molecule has 5 heteroatoms. The van der Waals surface area contributed by atoms with Crippen LogP contribution in [-0.2, 0) is 9.59 Å². The molecule has 2 rings (SSSR count). The summed E-state index contributed by atoms with van der Waals surface area (Å²) in [6, 6.07) is 5.65. The van der Waals surface area contributed by atoms with Gasteiger partial charge in [0, 0.05) is 12.6 Å². The van der Waals surface area contributed by atoms with Crippen LogP contribution in [0.25, 0.3) is 0 Å². The largest absolute Gasteiger partial charge is 0.481 e. The van der Waals surface area contributed by atoms with Gasteiger partial charge in [0.25, 0.3) is 0 Å². The maximum absolute atomic E-state index is 13.3. The minimum Gasteiger partial charge on any atom is -0.481 e. The second-order valence-electron chi connectivity index (χ2n) is 5.64. The average Bonchev–Trinajstić information content (AvgIpc) is 2.45. The molecule has 1 unspecified atom stereocenters. The van der Waals surface area contributed by atoms with Crippen molar-refractivity contribution in [3.63, 3.8) is 0 Å². The van der Waals surface area contributed by atoms with Crippen molar-refractivity contribution in [2.75, 3.05) is 6.54 Å². The van der Waals surface area contributed by atoms with Crippen LogP contribution in [0.2, 0.25) is 0 Å². The fourth-order valence-corrected chi connectivity index (χ4v) is 2.95. The molecule has 0 radical (unpaired) electrons. The number of rotatable bonds is 3. The maximum atomic E-state index is 13.3. The zero-order valence-corrected chi connectivity index (χ0v) is 12.3. The van der Waals surface area contributed by atoms with Crippen LogP contribution in [-0.4, -0.2) is 34.5 Å². The second kappa shape index (κ2) is 6.24. The van der Waals surface area contributed by atoms with Gasteiger partial charge in [-0.1, -0.05) is 12.1 Å². The zero-order valence-electron chi connectivity index (χ0n) is 12.3. The first-order valence-corrected chi connectivity index (χ1v) is 7.20. The number of carbonyl (C=O) groups excluding carboxylic acids is 1. The number of benzene rings is 1. The van der Waals surface area contributed by atoms with E-state index in [2.05, 4.69) is 0 Å². The van der Waals surface area contributed by atoms with Gasteiger partial charge in [-0.15, -0.1) is 0 Å². The highest BCUT2D eigenvalue weighted by Crippen LogP contribution is 2.28. The fourth-order valence-electron chi connectivity index (χ4n) is 2.95. The summed E-state index contributed by atoms with van der Waals surface area (Å²) in [5.74, 6) is -2.38. The summed E-state index contributed by atoms with van der Waals surface area (Å²) in [6.45, 7) is 4.06. The minimum absolute atomic E-state index is 0.140. The van der Waals surface area contributed by atoms with Crippen molar-refractivity contribution in [2.24, 2.45) is 5.92 Å². The predicted molar refractivity (Wildman–Crippen MR) is 76.3 cm³/mol. The molecule has 0 aliphatic carbocycles. The predicted octanol–water partition coefficient (Wildman–Crippen LogP) is 2.64. The number of hydrogen-bond donors (Lipinski definition) is 1. The summed E-state index contributed by atoms with van der Waals surface area (Å²) < 4.78 is 13.3. The fraction of sp³-hybridized carbons (Fsp3) is 0.500. The molecule has 0 aromatic heterocycles. The van der Waals surface area contributed by atoms with E-state index in [1.807, 2.05) is 0 Å². The van der Waals surface area contributed by atoms with E-state index in [0.717, 1.165) is 0 Å². The molecule has 1 aromatic rings. The number of aliphatic carboxylic acids is 1. The summed E-state index contributed by atoms with van der Waals surface area (Å²) >= 11 is 0. The Morgan fingerprint density at radius 1 is 1.43 bits per heavy atom.